The standard InChI is InChI=1S/C15H21FO2/c1-15(8-4-3-5-9-15)14(17)11-6-7-13(18-2)12(16)10-11/h6-7,10,14,17H,3-5,8-9H2,1-2H3. The Labute approximate surface area is 108 Å². The van der Waals surface area contributed by atoms with Crippen LogP contribution in [0.5, 0.6) is 5.75 Å². The summed E-state index contributed by atoms with van der Waals surface area (Å²) in [5.41, 5.74) is 0.525. The van der Waals surface area contributed by atoms with Crippen LogP contribution in [0.25, 0.3) is 0 Å². The molecule has 1 fully saturated rings. The second kappa shape index (κ2) is 5.27. The number of halogens is 1. The Morgan fingerprint density at radius 2 is 1.94 bits per heavy atom. The highest BCUT2D eigenvalue weighted by Gasteiger charge is 2.35. The van der Waals surface area contributed by atoms with Crippen LogP contribution in [0.3, 0.4) is 0 Å². The fourth-order valence-corrected chi connectivity index (χ4v) is 2.89. The van der Waals surface area contributed by atoms with E-state index in [-0.39, 0.29) is 11.2 Å². The molecule has 100 valence electrons. The number of benzene rings is 1. The minimum Gasteiger partial charge on any atom is -0.494 e. The molecule has 0 spiro atoms. The molecule has 1 N–H and O–H groups in total. The Morgan fingerprint density at radius 1 is 1.28 bits per heavy atom. The molecule has 1 atom stereocenters. The molecule has 0 aromatic heterocycles. The van der Waals surface area contributed by atoms with Gasteiger partial charge in [0.1, 0.15) is 0 Å². The van der Waals surface area contributed by atoms with Crippen LogP contribution in [0, 0.1) is 11.2 Å². The third kappa shape index (κ3) is 2.51. The van der Waals surface area contributed by atoms with Crippen molar-refractivity contribution >= 4 is 0 Å². The number of hydrogen-bond acceptors (Lipinski definition) is 2. The number of aliphatic hydroxyl groups is 1. The summed E-state index contributed by atoms with van der Waals surface area (Å²) in [4.78, 5) is 0. The monoisotopic (exact) mass is 252 g/mol. The number of aliphatic hydroxyl groups excluding tert-OH is 1. The highest BCUT2D eigenvalue weighted by atomic mass is 19.1. The summed E-state index contributed by atoms with van der Waals surface area (Å²) in [6.07, 6.45) is 4.93. The van der Waals surface area contributed by atoms with Gasteiger partial charge in [-0.05, 0) is 36.0 Å². The minimum atomic E-state index is -0.599. The van der Waals surface area contributed by atoms with Gasteiger partial charge in [0.2, 0.25) is 0 Å². The lowest BCUT2D eigenvalue weighted by atomic mass is 9.70. The van der Waals surface area contributed by atoms with E-state index in [9.17, 15) is 9.50 Å². The third-order valence-electron chi connectivity index (χ3n) is 4.15. The topological polar surface area (TPSA) is 29.5 Å². The lowest BCUT2D eigenvalue weighted by Crippen LogP contribution is -2.28. The van der Waals surface area contributed by atoms with E-state index in [0.717, 1.165) is 25.7 Å². The van der Waals surface area contributed by atoms with Crippen LogP contribution in [-0.4, -0.2) is 12.2 Å². The second-order valence-electron chi connectivity index (χ2n) is 5.51. The fraction of sp³-hybridized carbons (Fsp3) is 0.600. The molecule has 0 aliphatic heterocycles. The Bertz CT molecular complexity index is 411. The number of rotatable bonds is 3. The van der Waals surface area contributed by atoms with Gasteiger partial charge in [0.15, 0.2) is 11.6 Å². The summed E-state index contributed by atoms with van der Waals surface area (Å²) in [7, 11) is 1.44. The van der Waals surface area contributed by atoms with Gasteiger partial charge in [-0.25, -0.2) is 4.39 Å². The van der Waals surface area contributed by atoms with Crippen molar-refractivity contribution < 1.29 is 14.2 Å². The molecule has 2 nitrogen and oxygen atoms in total. The van der Waals surface area contributed by atoms with E-state index in [2.05, 4.69) is 6.92 Å². The van der Waals surface area contributed by atoms with Crippen molar-refractivity contribution in [1.82, 2.24) is 0 Å². The average molecular weight is 252 g/mol. The maximum absolute atomic E-state index is 13.7. The average Bonchev–Trinajstić information content (AvgIpc) is 2.38. The van der Waals surface area contributed by atoms with Crippen LogP contribution in [0.4, 0.5) is 4.39 Å². The molecule has 1 saturated carbocycles. The summed E-state index contributed by atoms with van der Waals surface area (Å²) < 4.78 is 18.6. The largest absolute Gasteiger partial charge is 0.494 e. The van der Waals surface area contributed by atoms with Crippen LogP contribution in [-0.2, 0) is 0 Å². The molecule has 1 aliphatic carbocycles. The minimum absolute atomic E-state index is 0.126. The summed E-state index contributed by atoms with van der Waals surface area (Å²) in [6, 6.07) is 4.73. The highest BCUT2D eigenvalue weighted by Crippen LogP contribution is 2.45. The molecule has 0 amide bonds. The molecular formula is C15H21FO2. The van der Waals surface area contributed by atoms with Crippen LogP contribution < -0.4 is 4.74 Å². The first-order valence-corrected chi connectivity index (χ1v) is 6.58. The smallest absolute Gasteiger partial charge is 0.165 e. The molecule has 18 heavy (non-hydrogen) atoms. The first-order valence-electron chi connectivity index (χ1n) is 6.58. The zero-order valence-corrected chi connectivity index (χ0v) is 11.1. The first kappa shape index (κ1) is 13.3. The van der Waals surface area contributed by atoms with Gasteiger partial charge in [0.25, 0.3) is 0 Å². The lowest BCUT2D eigenvalue weighted by Gasteiger charge is -2.38. The molecule has 0 saturated heterocycles. The molecule has 0 bridgehead atoms. The van der Waals surface area contributed by atoms with Gasteiger partial charge in [-0.15, -0.1) is 0 Å². The molecule has 1 aromatic rings. The van der Waals surface area contributed by atoms with Crippen LogP contribution >= 0.6 is 0 Å². The van der Waals surface area contributed by atoms with Crippen LogP contribution in [0.1, 0.15) is 50.7 Å². The van der Waals surface area contributed by atoms with Crippen molar-refractivity contribution in [2.75, 3.05) is 7.11 Å². The van der Waals surface area contributed by atoms with E-state index < -0.39 is 11.9 Å². The Morgan fingerprint density at radius 3 is 2.50 bits per heavy atom. The molecule has 1 unspecified atom stereocenters. The molecule has 0 heterocycles. The van der Waals surface area contributed by atoms with E-state index in [1.165, 1.54) is 19.6 Å². The summed E-state index contributed by atoms with van der Waals surface area (Å²) >= 11 is 0. The zero-order chi connectivity index (χ0) is 13.2. The van der Waals surface area contributed by atoms with Crippen molar-refractivity contribution in [2.24, 2.45) is 5.41 Å². The first-order chi connectivity index (χ1) is 8.57. The second-order valence-corrected chi connectivity index (χ2v) is 5.51. The third-order valence-corrected chi connectivity index (χ3v) is 4.15. The normalized spacial score (nSPS) is 20.4. The Hall–Kier alpha value is -1.09. The highest BCUT2D eigenvalue weighted by molar-refractivity contribution is 5.31. The van der Waals surface area contributed by atoms with Gasteiger partial charge in [0.05, 0.1) is 13.2 Å². The quantitative estimate of drug-likeness (QED) is 0.885. The SMILES string of the molecule is COc1ccc(C(O)C2(C)CCCCC2)cc1F. The van der Waals surface area contributed by atoms with Gasteiger partial charge in [-0.3, -0.25) is 0 Å². The van der Waals surface area contributed by atoms with Gasteiger partial charge >= 0.3 is 0 Å². The molecule has 0 radical (unpaired) electrons. The van der Waals surface area contributed by atoms with Crippen molar-refractivity contribution in [1.29, 1.82) is 0 Å². The molecule has 1 aromatic carbocycles. The number of methoxy groups -OCH3 is 1. The summed E-state index contributed by atoms with van der Waals surface area (Å²) in [5.74, 6) is -0.187. The molecule has 3 heteroatoms. The zero-order valence-electron chi connectivity index (χ0n) is 11.1. The van der Waals surface area contributed by atoms with Crippen molar-refractivity contribution in [3.05, 3.63) is 29.6 Å². The van der Waals surface area contributed by atoms with E-state index in [0.29, 0.717) is 5.56 Å². The lowest BCUT2D eigenvalue weighted by molar-refractivity contribution is 0.00796. The van der Waals surface area contributed by atoms with Gasteiger partial charge in [-0.2, -0.15) is 0 Å². The Kier molecular flexibility index (Phi) is 3.91. The predicted octanol–water partition coefficient (Wildman–Crippen LogP) is 3.84. The summed E-state index contributed by atoms with van der Waals surface area (Å²) in [5, 5.41) is 10.5. The van der Waals surface area contributed by atoms with Crippen molar-refractivity contribution in [3.63, 3.8) is 0 Å². The molecule has 2 rings (SSSR count). The number of hydrogen-bond donors (Lipinski definition) is 1. The van der Waals surface area contributed by atoms with Gasteiger partial charge in [-0.1, -0.05) is 32.3 Å². The molecule has 1 aliphatic rings. The fourth-order valence-electron chi connectivity index (χ4n) is 2.89. The van der Waals surface area contributed by atoms with Crippen LogP contribution in [0.15, 0.2) is 18.2 Å². The summed E-state index contributed by atoms with van der Waals surface area (Å²) in [6.45, 7) is 2.10. The van der Waals surface area contributed by atoms with E-state index in [4.69, 9.17) is 4.74 Å². The molecular weight excluding hydrogens is 231 g/mol. The maximum Gasteiger partial charge on any atom is 0.165 e. The van der Waals surface area contributed by atoms with E-state index >= 15 is 0 Å². The maximum atomic E-state index is 13.7. The van der Waals surface area contributed by atoms with E-state index in [1.807, 2.05) is 0 Å². The van der Waals surface area contributed by atoms with Gasteiger partial charge in [0, 0.05) is 0 Å². The van der Waals surface area contributed by atoms with Gasteiger partial charge < -0.3 is 9.84 Å². The number of ether oxygens (including phenoxy) is 1. The van der Waals surface area contributed by atoms with E-state index in [1.54, 1.807) is 12.1 Å². The van der Waals surface area contributed by atoms with Crippen molar-refractivity contribution in [3.8, 4) is 5.75 Å². The van der Waals surface area contributed by atoms with Crippen LogP contribution in [0.2, 0.25) is 0 Å². The Balaban J connectivity index is 2.22. The predicted molar refractivity (Wildman–Crippen MR) is 69.1 cm³/mol. The van der Waals surface area contributed by atoms with Crippen molar-refractivity contribution in [2.45, 2.75) is 45.1 Å².